The Morgan fingerprint density at radius 2 is 1.75 bits per heavy atom. The Labute approximate surface area is 135 Å². The standard InChI is InChI=1S/C16H15N3.HI/c1-11-10-19-15-9-5-4-7-13(15)12-6-2-3-8-14(12)16(19)18-17-11;/h2-9,16,18H,10H2,1H3;1H. The molecular formula is C16H16IN3. The van der Waals surface area contributed by atoms with Gasteiger partial charge >= 0.3 is 0 Å². The molecule has 0 fully saturated rings. The van der Waals surface area contributed by atoms with E-state index in [1.165, 1.54) is 22.4 Å². The van der Waals surface area contributed by atoms with Crippen LogP contribution in [0.5, 0.6) is 0 Å². The number of anilines is 1. The number of fused-ring (bicyclic) bond motifs is 6. The number of hydrogen-bond acceptors (Lipinski definition) is 3. The molecule has 0 radical (unpaired) electrons. The summed E-state index contributed by atoms with van der Waals surface area (Å²) in [6.45, 7) is 2.94. The zero-order chi connectivity index (χ0) is 12.8. The predicted molar refractivity (Wildman–Crippen MR) is 93.6 cm³/mol. The first-order valence-corrected chi connectivity index (χ1v) is 6.58. The number of hydrazone groups is 1. The number of nitrogens with zero attached hydrogens (tertiary/aromatic N) is 2. The molecule has 0 bridgehead atoms. The fraction of sp³-hybridized carbons (Fsp3) is 0.188. The molecule has 2 aromatic carbocycles. The first-order chi connectivity index (χ1) is 9.34. The van der Waals surface area contributed by atoms with Crippen molar-refractivity contribution in [2.24, 2.45) is 5.10 Å². The smallest absolute Gasteiger partial charge is 0.142 e. The SMILES string of the molecule is CC1=NNC2c3ccccc3-c3ccccc3N2C1.I. The molecule has 0 saturated heterocycles. The van der Waals surface area contributed by atoms with Crippen LogP contribution in [0, 0.1) is 0 Å². The molecule has 20 heavy (non-hydrogen) atoms. The normalized spacial score (nSPS) is 18.8. The van der Waals surface area contributed by atoms with Gasteiger partial charge in [-0.3, -0.25) is 5.43 Å². The van der Waals surface area contributed by atoms with Crippen molar-refractivity contribution in [1.82, 2.24) is 5.43 Å². The van der Waals surface area contributed by atoms with E-state index < -0.39 is 0 Å². The van der Waals surface area contributed by atoms with Crippen molar-refractivity contribution >= 4 is 35.4 Å². The van der Waals surface area contributed by atoms with E-state index in [9.17, 15) is 0 Å². The minimum absolute atomic E-state index is 0. The van der Waals surface area contributed by atoms with E-state index in [1.807, 2.05) is 0 Å². The fourth-order valence-electron chi connectivity index (χ4n) is 3.01. The van der Waals surface area contributed by atoms with Crippen LogP contribution in [0.25, 0.3) is 11.1 Å². The first kappa shape index (κ1) is 13.4. The third-order valence-electron chi connectivity index (χ3n) is 3.85. The quantitative estimate of drug-likeness (QED) is 0.708. The summed E-state index contributed by atoms with van der Waals surface area (Å²) >= 11 is 0. The van der Waals surface area contributed by atoms with E-state index >= 15 is 0 Å². The number of rotatable bonds is 0. The van der Waals surface area contributed by atoms with Gasteiger partial charge < -0.3 is 4.90 Å². The number of hydrogen-bond donors (Lipinski definition) is 1. The zero-order valence-corrected chi connectivity index (χ0v) is 13.5. The maximum Gasteiger partial charge on any atom is 0.142 e. The summed E-state index contributed by atoms with van der Waals surface area (Å²) in [6.07, 6.45) is 0.148. The van der Waals surface area contributed by atoms with Crippen LogP contribution in [0.3, 0.4) is 0 Å². The maximum atomic E-state index is 4.41. The topological polar surface area (TPSA) is 27.6 Å². The van der Waals surface area contributed by atoms with E-state index in [-0.39, 0.29) is 30.1 Å². The summed E-state index contributed by atoms with van der Waals surface area (Å²) in [4.78, 5) is 2.39. The molecule has 4 heteroatoms. The van der Waals surface area contributed by atoms with E-state index in [2.05, 4.69) is 70.9 Å². The third kappa shape index (κ3) is 1.90. The highest BCUT2D eigenvalue weighted by Crippen LogP contribution is 2.43. The monoisotopic (exact) mass is 377 g/mol. The van der Waals surface area contributed by atoms with Gasteiger partial charge in [-0.2, -0.15) is 5.10 Å². The van der Waals surface area contributed by atoms with Crippen LogP contribution in [0.1, 0.15) is 18.7 Å². The van der Waals surface area contributed by atoms with Crippen molar-refractivity contribution in [3.63, 3.8) is 0 Å². The van der Waals surface area contributed by atoms with Gasteiger partial charge in [0.05, 0.1) is 12.3 Å². The van der Waals surface area contributed by atoms with Gasteiger partial charge in [-0.1, -0.05) is 42.5 Å². The molecule has 0 aliphatic carbocycles. The van der Waals surface area contributed by atoms with Crippen LogP contribution >= 0.6 is 24.0 Å². The molecule has 1 N–H and O–H groups in total. The Hall–Kier alpha value is -1.56. The summed E-state index contributed by atoms with van der Waals surface area (Å²) in [7, 11) is 0. The summed E-state index contributed by atoms with van der Waals surface area (Å²) in [5.41, 5.74) is 9.60. The number of nitrogens with one attached hydrogen (secondary N) is 1. The lowest BCUT2D eigenvalue weighted by Crippen LogP contribution is -2.45. The van der Waals surface area contributed by atoms with E-state index in [0.29, 0.717) is 0 Å². The van der Waals surface area contributed by atoms with E-state index in [0.717, 1.165) is 12.3 Å². The number of para-hydroxylation sites is 1. The molecule has 2 heterocycles. The molecule has 1 unspecified atom stereocenters. The maximum absolute atomic E-state index is 4.41. The molecule has 2 aromatic rings. The molecule has 0 amide bonds. The molecule has 4 rings (SSSR count). The van der Waals surface area contributed by atoms with Gasteiger partial charge in [0.25, 0.3) is 0 Å². The Balaban J connectivity index is 0.00000121. The van der Waals surface area contributed by atoms with Gasteiger partial charge in [-0.05, 0) is 18.6 Å². The molecule has 102 valence electrons. The molecule has 0 saturated carbocycles. The van der Waals surface area contributed by atoms with E-state index in [1.54, 1.807) is 0 Å². The summed E-state index contributed by atoms with van der Waals surface area (Å²) in [5.74, 6) is 0. The zero-order valence-electron chi connectivity index (χ0n) is 11.2. The summed E-state index contributed by atoms with van der Waals surface area (Å²) in [5, 5.41) is 4.41. The third-order valence-corrected chi connectivity index (χ3v) is 3.85. The highest BCUT2D eigenvalue weighted by atomic mass is 127. The van der Waals surface area contributed by atoms with Crippen molar-refractivity contribution in [2.45, 2.75) is 13.1 Å². The van der Waals surface area contributed by atoms with Crippen LogP contribution in [0.2, 0.25) is 0 Å². The average molecular weight is 377 g/mol. The van der Waals surface area contributed by atoms with Gasteiger partial charge in [0, 0.05) is 16.8 Å². The van der Waals surface area contributed by atoms with Crippen molar-refractivity contribution < 1.29 is 0 Å². The van der Waals surface area contributed by atoms with Gasteiger partial charge in [0.1, 0.15) is 6.17 Å². The highest BCUT2D eigenvalue weighted by Gasteiger charge is 2.32. The fourth-order valence-corrected chi connectivity index (χ4v) is 3.01. The van der Waals surface area contributed by atoms with Gasteiger partial charge in [-0.15, -0.1) is 24.0 Å². The van der Waals surface area contributed by atoms with Crippen molar-refractivity contribution in [3.05, 3.63) is 54.1 Å². The van der Waals surface area contributed by atoms with Crippen molar-refractivity contribution in [1.29, 1.82) is 0 Å². The average Bonchev–Trinajstić information content (AvgIpc) is 2.47. The van der Waals surface area contributed by atoms with Crippen LogP contribution < -0.4 is 10.3 Å². The largest absolute Gasteiger partial charge is 0.340 e. The summed E-state index contributed by atoms with van der Waals surface area (Å²) < 4.78 is 0. The van der Waals surface area contributed by atoms with Crippen molar-refractivity contribution in [3.8, 4) is 11.1 Å². The molecule has 1 atom stereocenters. The minimum atomic E-state index is 0. The highest BCUT2D eigenvalue weighted by molar-refractivity contribution is 14.0. The van der Waals surface area contributed by atoms with Crippen LogP contribution in [0.4, 0.5) is 5.69 Å². The van der Waals surface area contributed by atoms with Gasteiger partial charge in [0.2, 0.25) is 0 Å². The molecule has 2 aliphatic rings. The van der Waals surface area contributed by atoms with Gasteiger partial charge in [0.15, 0.2) is 0 Å². The van der Waals surface area contributed by atoms with Gasteiger partial charge in [-0.25, -0.2) is 0 Å². The van der Waals surface area contributed by atoms with Crippen LogP contribution in [0.15, 0.2) is 53.6 Å². The Kier molecular flexibility index (Phi) is 3.41. The second-order valence-electron chi connectivity index (χ2n) is 5.11. The van der Waals surface area contributed by atoms with Crippen LogP contribution in [-0.4, -0.2) is 12.3 Å². The minimum Gasteiger partial charge on any atom is -0.340 e. The first-order valence-electron chi connectivity index (χ1n) is 6.58. The Bertz CT molecular complexity index is 681. The lowest BCUT2D eigenvalue weighted by molar-refractivity contribution is 0.513. The number of halogens is 1. The lowest BCUT2D eigenvalue weighted by atomic mass is 9.91. The number of benzene rings is 2. The molecule has 3 nitrogen and oxygen atoms in total. The molecular weight excluding hydrogens is 361 g/mol. The molecule has 2 aliphatic heterocycles. The van der Waals surface area contributed by atoms with Crippen molar-refractivity contribution in [2.75, 3.05) is 11.4 Å². The second-order valence-corrected chi connectivity index (χ2v) is 5.11. The Morgan fingerprint density at radius 1 is 1.05 bits per heavy atom. The molecule has 0 aromatic heterocycles. The molecule has 0 spiro atoms. The Morgan fingerprint density at radius 3 is 2.60 bits per heavy atom. The van der Waals surface area contributed by atoms with E-state index in [4.69, 9.17) is 0 Å². The lowest BCUT2D eigenvalue weighted by Gasteiger charge is -2.42. The summed E-state index contributed by atoms with van der Waals surface area (Å²) in [6, 6.07) is 17.2. The van der Waals surface area contributed by atoms with Crippen LogP contribution in [-0.2, 0) is 0 Å². The second kappa shape index (κ2) is 5.09. The predicted octanol–water partition coefficient (Wildman–Crippen LogP) is 3.77.